The fraction of sp³-hybridized carbons (Fsp3) is 0.500. The van der Waals surface area contributed by atoms with Crippen molar-refractivity contribution in [2.45, 2.75) is 19.8 Å². The highest BCUT2D eigenvalue weighted by Gasteiger charge is 2.56. The number of rotatable bonds is 4. The zero-order chi connectivity index (χ0) is 14.0. The Balaban J connectivity index is 2.35. The molecular weight excluding hydrogens is 243 g/mol. The monoisotopic (exact) mass is 260 g/mol. The van der Waals surface area contributed by atoms with Gasteiger partial charge < -0.3 is 5.32 Å². The van der Waals surface area contributed by atoms with E-state index in [9.17, 15) is 9.65 Å². The van der Waals surface area contributed by atoms with Gasteiger partial charge in [-0.25, -0.2) is 0 Å². The predicted octanol–water partition coefficient (Wildman–Crippen LogP) is 2.56. The lowest BCUT2D eigenvalue weighted by Gasteiger charge is -2.45. The van der Waals surface area contributed by atoms with E-state index in [4.69, 9.17) is 5.41 Å². The smallest absolute Gasteiger partial charge is 0.206 e. The van der Waals surface area contributed by atoms with Gasteiger partial charge in [-0.1, -0.05) is 6.92 Å². The van der Waals surface area contributed by atoms with Crippen molar-refractivity contribution in [3.05, 3.63) is 23.5 Å². The van der Waals surface area contributed by atoms with Gasteiger partial charge in [-0.05, 0) is 18.8 Å². The fourth-order valence-electron chi connectivity index (χ4n) is 3.18. The third-order valence-corrected chi connectivity index (χ3v) is 4.25. The summed E-state index contributed by atoms with van der Waals surface area (Å²) in [7, 11) is 1.68. The second-order valence-corrected chi connectivity index (χ2v) is 5.21. The van der Waals surface area contributed by atoms with Crippen molar-refractivity contribution in [2.75, 3.05) is 7.05 Å². The van der Waals surface area contributed by atoms with Crippen molar-refractivity contribution >= 4 is 12.2 Å². The molecule has 0 radical (unpaired) electrons. The van der Waals surface area contributed by atoms with E-state index in [0.717, 1.165) is 30.2 Å². The van der Waals surface area contributed by atoms with Crippen molar-refractivity contribution in [1.29, 1.82) is 10.7 Å². The quantitative estimate of drug-likeness (QED) is 0.762. The third kappa shape index (κ3) is 2.07. The first kappa shape index (κ1) is 13.5. The summed E-state index contributed by atoms with van der Waals surface area (Å²) in [6.07, 6.45) is 6.24. The van der Waals surface area contributed by atoms with E-state index in [1.807, 2.05) is 0 Å². The van der Waals surface area contributed by atoms with Crippen molar-refractivity contribution in [3.8, 4) is 6.07 Å². The van der Waals surface area contributed by atoms with Crippen LogP contribution in [0.2, 0.25) is 0 Å². The molecule has 2 N–H and O–H groups in total. The number of hydrogen-bond acceptors (Lipinski definition) is 4. The normalized spacial score (nSPS) is 33.4. The molecule has 1 fully saturated rings. The van der Waals surface area contributed by atoms with Crippen molar-refractivity contribution in [1.82, 2.24) is 5.32 Å². The van der Waals surface area contributed by atoms with E-state index in [1.54, 1.807) is 13.3 Å². The second kappa shape index (κ2) is 4.96. The minimum atomic E-state index is -0.996. The average Bonchev–Trinajstić information content (AvgIpc) is 2.50. The highest BCUT2D eigenvalue weighted by molar-refractivity contribution is 5.84. The Morgan fingerprint density at radius 2 is 2.42 bits per heavy atom. The van der Waals surface area contributed by atoms with E-state index in [1.165, 1.54) is 6.20 Å². The summed E-state index contributed by atoms with van der Waals surface area (Å²) in [6, 6.07) is 2.36. The Labute approximate surface area is 112 Å². The summed E-state index contributed by atoms with van der Waals surface area (Å²) < 4.78 is 12.4. The van der Waals surface area contributed by atoms with Gasteiger partial charge >= 0.3 is 0 Å². The van der Waals surface area contributed by atoms with Crippen LogP contribution in [0, 0.1) is 34.0 Å². The lowest BCUT2D eigenvalue weighted by molar-refractivity contribution is 0.0888. The number of halogens is 1. The Bertz CT molecular complexity index is 526. The molecular formula is C14H17FN4. The Morgan fingerprint density at radius 3 is 2.89 bits per heavy atom. The lowest BCUT2D eigenvalue weighted by atomic mass is 9.60. The molecule has 100 valence electrons. The molecule has 0 spiro atoms. The maximum Gasteiger partial charge on any atom is 0.206 e. The molecule has 0 heterocycles. The van der Waals surface area contributed by atoms with E-state index in [2.05, 4.69) is 23.3 Å². The van der Waals surface area contributed by atoms with E-state index in [0.29, 0.717) is 5.92 Å². The molecule has 3 unspecified atom stereocenters. The predicted molar refractivity (Wildman–Crippen MR) is 72.5 cm³/mol. The molecule has 0 aliphatic heterocycles. The topological polar surface area (TPSA) is 72.0 Å². The Kier molecular flexibility index (Phi) is 3.52. The molecule has 19 heavy (non-hydrogen) atoms. The Morgan fingerprint density at radius 1 is 1.68 bits per heavy atom. The minimum absolute atomic E-state index is 0.0558. The van der Waals surface area contributed by atoms with Gasteiger partial charge in [0.15, 0.2) is 0 Å². The zero-order valence-corrected chi connectivity index (χ0v) is 11.1. The van der Waals surface area contributed by atoms with Crippen LogP contribution in [-0.2, 0) is 0 Å². The summed E-state index contributed by atoms with van der Waals surface area (Å²) in [5.41, 5.74) is 1.78. The molecule has 0 aromatic rings. The van der Waals surface area contributed by atoms with Crippen LogP contribution in [0.4, 0.5) is 4.39 Å². The van der Waals surface area contributed by atoms with Crippen LogP contribution in [0.3, 0.4) is 0 Å². The maximum absolute atomic E-state index is 12.4. The van der Waals surface area contributed by atoms with Crippen molar-refractivity contribution in [3.63, 3.8) is 0 Å². The number of allylic oxidation sites excluding steroid dienone is 3. The van der Waals surface area contributed by atoms with Gasteiger partial charge in [0.05, 0.1) is 12.0 Å². The number of hydrogen-bond donors (Lipinski definition) is 2. The van der Waals surface area contributed by atoms with Crippen LogP contribution in [0.1, 0.15) is 19.8 Å². The van der Waals surface area contributed by atoms with E-state index < -0.39 is 5.97 Å². The van der Waals surface area contributed by atoms with Crippen LogP contribution in [0.15, 0.2) is 28.5 Å². The second-order valence-electron chi connectivity index (χ2n) is 5.21. The summed E-state index contributed by atoms with van der Waals surface area (Å²) >= 11 is 0. The van der Waals surface area contributed by atoms with Gasteiger partial charge in [0, 0.05) is 42.2 Å². The standard InChI is InChI=1S/C14H17FN4/c1-14-5-3-11(14)9(7-16)10(8-18-2)13(14)19-6-4-12(15)17/h4,6,8-9,11,17,19H,3,5H2,1-2H3/b6-4-,17-12?,18-8?. The van der Waals surface area contributed by atoms with Crippen LogP contribution in [0.5, 0.6) is 0 Å². The fourth-order valence-corrected chi connectivity index (χ4v) is 3.18. The maximum atomic E-state index is 12.4. The first-order chi connectivity index (χ1) is 9.04. The third-order valence-electron chi connectivity index (χ3n) is 4.25. The molecule has 2 aliphatic carbocycles. The summed E-state index contributed by atoms with van der Waals surface area (Å²) in [5.74, 6) is -0.835. The molecule has 0 aromatic carbocycles. The SMILES string of the molecule is CN=CC1=C(N/C=C\C(=N)F)C2(C)CCC2C1C#N. The summed E-state index contributed by atoms with van der Waals surface area (Å²) in [4.78, 5) is 4.02. The molecule has 1 saturated carbocycles. The molecule has 0 saturated heterocycles. The van der Waals surface area contributed by atoms with Gasteiger partial charge in [-0.15, -0.1) is 0 Å². The molecule has 2 aliphatic rings. The van der Waals surface area contributed by atoms with Gasteiger partial charge in [0.1, 0.15) is 0 Å². The van der Waals surface area contributed by atoms with Crippen LogP contribution >= 0.6 is 0 Å². The van der Waals surface area contributed by atoms with Crippen LogP contribution < -0.4 is 5.32 Å². The largest absolute Gasteiger partial charge is 0.364 e. The van der Waals surface area contributed by atoms with Crippen molar-refractivity contribution < 1.29 is 4.39 Å². The van der Waals surface area contributed by atoms with Gasteiger partial charge in [0.25, 0.3) is 0 Å². The van der Waals surface area contributed by atoms with Gasteiger partial charge in [-0.3, -0.25) is 10.4 Å². The Hall–Kier alpha value is -1.96. The van der Waals surface area contributed by atoms with Crippen molar-refractivity contribution in [2.24, 2.45) is 22.2 Å². The zero-order valence-electron chi connectivity index (χ0n) is 11.1. The number of nitrogens with one attached hydrogen (secondary N) is 2. The highest BCUT2D eigenvalue weighted by Crippen LogP contribution is 2.61. The number of nitrogens with zero attached hydrogens (tertiary/aromatic N) is 2. The minimum Gasteiger partial charge on any atom is -0.364 e. The molecule has 0 aromatic heterocycles. The summed E-state index contributed by atoms with van der Waals surface area (Å²) in [5, 5.41) is 19.1. The molecule has 5 heteroatoms. The van der Waals surface area contributed by atoms with Crippen LogP contribution in [-0.4, -0.2) is 19.2 Å². The van der Waals surface area contributed by atoms with Gasteiger partial charge in [-0.2, -0.15) is 9.65 Å². The number of aliphatic imine (C=N–C) groups is 1. The van der Waals surface area contributed by atoms with Gasteiger partial charge in [0.2, 0.25) is 5.97 Å². The van der Waals surface area contributed by atoms with E-state index in [-0.39, 0.29) is 11.3 Å². The average molecular weight is 260 g/mol. The molecule has 2 rings (SSSR count). The lowest BCUT2D eigenvalue weighted by Crippen LogP contribution is -2.40. The molecule has 4 nitrogen and oxygen atoms in total. The highest BCUT2D eigenvalue weighted by atomic mass is 19.1. The number of fused-ring (bicyclic) bond motifs is 1. The molecule has 3 atom stereocenters. The molecule has 0 amide bonds. The first-order valence-electron chi connectivity index (χ1n) is 6.28. The summed E-state index contributed by atoms with van der Waals surface area (Å²) in [6.45, 7) is 2.12. The van der Waals surface area contributed by atoms with Crippen LogP contribution in [0.25, 0.3) is 0 Å². The molecule has 0 bridgehead atoms. The number of nitriles is 1. The van der Waals surface area contributed by atoms with E-state index >= 15 is 0 Å². The first-order valence-corrected chi connectivity index (χ1v) is 6.28.